The molecule has 1 aliphatic heterocycles. The van der Waals surface area contributed by atoms with Crippen molar-refractivity contribution in [1.82, 2.24) is 9.88 Å². The summed E-state index contributed by atoms with van der Waals surface area (Å²) in [5.74, 6) is -0.154. The number of rotatable bonds is 3. The van der Waals surface area contributed by atoms with Crippen LogP contribution in [-0.4, -0.2) is 15.6 Å². The van der Waals surface area contributed by atoms with Crippen LogP contribution >= 0.6 is 35.0 Å². The van der Waals surface area contributed by atoms with Crippen LogP contribution in [0, 0.1) is 27.7 Å². The molecule has 31 heavy (non-hydrogen) atoms. The second kappa shape index (κ2) is 8.58. The largest absolute Gasteiger partial charge is 0.318 e. The number of aryl methyl sites for hydroxylation is 3. The summed E-state index contributed by atoms with van der Waals surface area (Å²) in [6.45, 7) is 8.01. The van der Waals surface area contributed by atoms with Gasteiger partial charge in [0.05, 0.1) is 10.6 Å². The number of benzene rings is 2. The lowest BCUT2D eigenvalue weighted by Gasteiger charge is -2.11. The Hall–Kier alpha value is -2.47. The monoisotopic (exact) mass is 469 g/mol. The molecule has 0 spiro atoms. The molecular weight excluding hydrogens is 449 g/mol. The lowest BCUT2D eigenvalue weighted by Crippen LogP contribution is -2.19. The first kappa shape index (κ1) is 21.8. The van der Waals surface area contributed by atoms with E-state index in [4.69, 9.17) is 23.2 Å². The summed E-state index contributed by atoms with van der Waals surface area (Å²) in [7, 11) is 0. The van der Waals surface area contributed by atoms with E-state index in [9.17, 15) is 4.79 Å². The SMILES string of the molecule is Cc1ccc(-n2c(C)cc(/C=C3\SC(=Nc4ccc(Cl)cc4C)NC3=O)c2C)cc1Cl. The number of nitrogens with zero attached hydrogens (tertiary/aromatic N) is 2. The molecular formula is C24H21Cl2N3OS. The number of nitrogens with one attached hydrogen (secondary N) is 1. The number of halogens is 2. The third-order valence-corrected chi connectivity index (χ3v) is 6.75. The molecule has 2 aromatic carbocycles. The minimum atomic E-state index is -0.154. The molecule has 4 nitrogen and oxygen atoms in total. The topological polar surface area (TPSA) is 46.4 Å². The molecule has 0 atom stereocenters. The van der Waals surface area contributed by atoms with Gasteiger partial charge in [-0.25, -0.2) is 4.99 Å². The quantitative estimate of drug-likeness (QED) is 0.423. The van der Waals surface area contributed by atoms with Gasteiger partial charge in [0, 0.05) is 27.1 Å². The summed E-state index contributed by atoms with van der Waals surface area (Å²) in [5, 5.41) is 4.80. The maximum atomic E-state index is 12.5. The summed E-state index contributed by atoms with van der Waals surface area (Å²) >= 11 is 13.7. The lowest BCUT2D eigenvalue weighted by atomic mass is 10.2. The van der Waals surface area contributed by atoms with Crippen molar-refractivity contribution in [2.24, 2.45) is 4.99 Å². The molecule has 0 bridgehead atoms. The van der Waals surface area contributed by atoms with Crippen LogP contribution in [0.2, 0.25) is 10.0 Å². The molecule has 4 rings (SSSR count). The zero-order valence-corrected chi connectivity index (χ0v) is 19.9. The highest BCUT2D eigenvalue weighted by molar-refractivity contribution is 8.18. The first-order valence-electron chi connectivity index (χ1n) is 9.74. The molecule has 1 N–H and O–H groups in total. The van der Waals surface area contributed by atoms with Gasteiger partial charge in [-0.05, 0) is 98.6 Å². The van der Waals surface area contributed by atoms with Gasteiger partial charge in [-0.3, -0.25) is 4.79 Å². The van der Waals surface area contributed by atoms with Crippen LogP contribution < -0.4 is 5.32 Å². The molecule has 1 aliphatic rings. The van der Waals surface area contributed by atoms with Gasteiger partial charge in [0.2, 0.25) is 0 Å². The molecule has 1 fully saturated rings. The predicted molar refractivity (Wildman–Crippen MR) is 132 cm³/mol. The molecule has 3 aromatic rings. The van der Waals surface area contributed by atoms with Gasteiger partial charge in [-0.15, -0.1) is 0 Å². The summed E-state index contributed by atoms with van der Waals surface area (Å²) in [6, 6.07) is 13.6. The second-order valence-electron chi connectivity index (χ2n) is 7.51. The average Bonchev–Trinajstić information content (AvgIpc) is 3.19. The highest BCUT2D eigenvalue weighted by atomic mass is 35.5. The van der Waals surface area contributed by atoms with E-state index >= 15 is 0 Å². The van der Waals surface area contributed by atoms with Crippen LogP contribution in [-0.2, 0) is 4.79 Å². The number of hydrogen-bond donors (Lipinski definition) is 1. The Morgan fingerprint density at radius 1 is 1.00 bits per heavy atom. The molecule has 1 aromatic heterocycles. The average molecular weight is 470 g/mol. The molecule has 2 heterocycles. The summed E-state index contributed by atoms with van der Waals surface area (Å²) in [5.41, 5.74) is 6.86. The van der Waals surface area contributed by atoms with Gasteiger partial charge < -0.3 is 9.88 Å². The first-order chi connectivity index (χ1) is 14.7. The van der Waals surface area contributed by atoms with Crippen LogP contribution in [0.4, 0.5) is 5.69 Å². The number of amides is 1. The fraction of sp³-hybridized carbons (Fsp3) is 0.167. The van der Waals surface area contributed by atoms with E-state index in [-0.39, 0.29) is 5.91 Å². The Morgan fingerprint density at radius 2 is 1.77 bits per heavy atom. The van der Waals surface area contributed by atoms with E-state index in [0.717, 1.165) is 44.5 Å². The zero-order chi connectivity index (χ0) is 22.3. The van der Waals surface area contributed by atoms with Crippen molar-refractivity contribution in [1.29, 1.82) is 0 Å². The Labute approximate surface area is 196 Å². The molecule has 0 radical (unpaired) electrons. The van der Waals surface area contributed by atoms with Crippen molar-refractivity contribution >= 4 is 57.8 Å². The van der Waals surface area contributed by atoms with E-state index in [1.807, 2.05) is 64.1 Å². The fourth-order valence-corrected chi connectivity index (χ4v) is 4.75. The highest BCUT2D eigenvalue weighted by Crippen LogP contribution is 2.32. The summed E-state index contributed by atoms with van der Waals surface area (Å²) in [4.78, 5) is 17.7. The Balaban J connectivity index is 1.65. The number of carbonyl (C=O) groups excluding carboxylic acids is 1. The number of carbonyl (C=O) groups is 1. The molecule has 0 saturated carbocycles. The number of hydrogen-bond acceptors (Lipinski definition) is 3. The molecule has 0 aliphatic carbocycles. The predicted octanol–water partition coefficient (Wildman–Crippen LogP) is 6.91. The highest BCUT2D eigenvalue weighted by Gasteiger charge is 2.25. The number of aromatic nitrogens is 1. The van der Waals surface area contributed by atoms with Gasteiger partial charge in [0.15, 0.2) is 5.17 Å². The molecule has 1 amide bonds. The van der Waals surface area contributed by atoms with Crippen molar-refractivity contribution in [3.05, 3.63) is 85.5 Å². The number of thioether (sulfide) groups is 1. The molecule has 158 valence electrons. The summed E-state index contributed by atoms with van der Waals surface area (Å²) < 4.78 is 2.14. The van der Waals surface area contributed by atoms with Crippen LogP contribution in [0.5, 0.6) is 0 Å². The Morgan fingerprint density at radius 3 is 2.48 bits per heavy atom. The first-order valence-corrected chi connectivity index (χ1v) is 11.3. The second-order valence-corrected chi connectivity index (χ2v) is 9.38. The van der Waals surface area contributed by atoms with Crippen molar-refractivity contribution in [2.75, 3.05) is 0 Å². The Kier molecular flexibility index (Phi) is 6.02. The standard InChI is InChI=1S/C24H21Cl2N3OS/c1-13-5-7-19(12-20(13)26)29-15(3)10-17(16(29)4)11-22-23(30)28-24(31-22)27-21-8-6-18(25)9-14(21)2/h5-12H,1-4H3,(H,27,28,30)/b22-11-. The molecule has 1 saturated heterocycles. The molecule has 7 heteroatoms. The van der Waals surface area contributed by atoms with Gasteiger partial charge in [0.25, 0.3) is 5.91 Å². The van der Waals surface area contributed by atoms with E-state index in [2.05, 4.69) is 20.9 Å². The van der Waals surface area contributed by atoms with E-state index in [1.54, 1.807) is 6.07 Å². The van der Waals surface area contributed by atoms with Gasteiger partial charge >= 0.3 is 0 Å². The van der Waals surface area contributed by atoms with E-state index in [0.29, 0.717) is 15.1 Å². The maximum absolute atomic E-state index is 12.5. The number of amidine groups is 1. The fourth-order valence-electron chi connectivity index (χ4n) is 3.53. The van der Waals surface area contributed by atoms with Crippen LogP contribution in [0.25, 0.3) is 11.8 Å². The minimum absolute atomic E-state index is 0.154. The normalized spacial score (nSPS) is 16.4. The van der Waals surface area contributed by atoms with Crippen molar-refractivity contribution < 1.29 is 4.79 Å². The molecule has 0 unspecified atom stereocenters. The smallest absolute Gasteiger partial charge is 0.264 e. The zero-order valence-electron chi connectivity index (χ0n) is 17.6. The lowest BCUT2D eigenvalue weighted by molar-refractivity contribution is -0.115. The Bertz CT molecular complexity index is 1270. The van der Waals surface area contributed by atoms with Crippen molar-refractivity contribution in [3.8, 4) is 5.69 Å². The van der Waals surface area contributed by atoms with Gasteiger partial charge in [-0.2, -0.15) is 0 Å². The van der Waals surface area contributed by atoms with Crippen LogP contribution in [0.1, 0.15) is 28.1 Å². The van der Waals surface area contributed by atoms with E-state index < -0.39 is 0 Å². The maximum Gasteiger partial charge on any atom is 0.264 e. The van der Waals surface area contributed by atoms with Crippen LogP contribution in [0.15, 0.2) is 52.4 Å². The third kappa shape index (κ3) is 4.45. The third-order valence-electron chi connectivity index (χ3n) is 5.20. The van der Waals surface area contributed by atoms with Crippen molar-refractivity contribution in [2.45, 2.75) is 27.7 Å². The van der Waals surface area contributed by atoms with Gasteiger partial charge in [-0.1, -0.05) is 29.3 Å². The van der Waals surface area contributed by atoms with Gasteiger partial charge in [0.1, 0.15) is 0 Å². The van der Waals surface area contributed by atoms with Crippen LogP contribution in [0.3, 0.4) is 0 Å². The van der Waals surface area contributed by atoms with E-state index in [1.165, 1.54) is 11.8 Å². The minimum Gasteiger partial charge on any atom is -0.318 e. The summed E-state index contributed by atoms with van der Waals surface area (Å²) in [6.07, 6.45) is 1.91. The van der Waals surface area contributed by atoms with Crippen molar-refractivity contribution in [3.63, 3.8) is 0 Å². The number of aliphatic imine (C=N–C) groups is 1.